The van der Waals surface area contributed by atoms with E-state index in [-0.39, 0.29) is 18.4 Å². The molecule has 0 saturated carbocycles. The molecule has 102 valence electrons. The molecule has 1 atom stereocenters. The summed E-state index contributed by atoms with van der Waals surface area (Å²) in [5, 5.41) is 11.8. The number of carbonyl (C=O) groups excluding carboxylic acids is 1. The van der Waals surface area contributed by atoms with Crippen LogP contribution in [0.25, 0.3) is 0 Å². The molecule has 0 spiro atoms. The van der Waals surface area contributed by atoms with Crippen LogP contribution in [0.2, 0.25) is 0 Å². The lowest BCUT2D eigenvalue weighted by Gasteiger charge is -2.21. The molecule has 0 saturated heterocycles. The molecule has 0 unspecified atom stereocenters. The van der Waals surface area contributed by atoms with Crippen LogP contribution in [0.5, 0.6) is 0 Å². The van der Waals surface area contributed by atoms with Crippen LogP contribution in [0.1, 0.15) is 18.4 Å². The molecular formula is C14H18N2O3. The molecule has 0 bridgehead atoms. The van der Waals surface area contributed by atoms with Gasteiger partial charge < -0.3 is 15.3 Å². The number of amides is 1. The van der Waals surface area contributed by atoms with Crippen molar-refractivity contribution in [1.82, 2.24) is 4.90 Å². The van der Waals surface area contributed by atoms with Crippen molar-refractivity contribution in [3.05, 3.63) is 29.8 Å². The molecule has 5 heteroatoms. The summed E-state index contributed by atoms with van der Waals surface area (Å²) >= 11 is 0. The molecule has 19 heavy (non-hydrogen) atoms. The number of benzene rings is 1. The molecule has 1 aromatic rings. The van der Waals surface area contributed by atoms with Gasteiger partial charge in [0, 0.05) is 32.1 Å². The van der Waals surface area contributed by atoms with Crippen LogP contribution in [-0.2, 0) is 16.0 Å². The maximum Gasteiger partial charge on any atom is 0.303 e. The molecule has 1 amide bonds. The van der Waals surface area contributed by atoms with Gasteiger partial charge in [-0.05, 0) is 18.1 Å². The maximum atomic E-state index is 12.2. The monoisotopic (exact) mass is 262 g/mol. The Hall–Kier alpha value is -2.04. The number of hydrogen-bond acceptors (Lipinski definition) is 3. The minimum absolute atomic E-state index is 0.0154. The predicted octanol–water partition coefficient (Wildman–Crippen LogP) is 1.35. The molecule has 1 heterocycles. The van der Waals surface area contributed by atoms with Crippen molar-refractivity contribution in [3.8, 4) is 0 Å². The first-order chi connectivity index (χ1) is 9.08. The van der Waals surface area contributed by atoms with Gasteiger partial charge in [-0.25, -0.2) is 0 Å². The minimum atomic E-state index is -0.827. The largest absolute Gasteiger partial charge is 0.481 e. The third kappa shape index (κ3) is 3.24. The first-order valence-electron chi connectivity index (χ1n) is 6.39. The van der Waals surface area contributed by atoms with Crippen molar-refractivity contribution < 1.29 is 14.7 Å². The van der Waals surface area contributed by atoms with Gasteiger partial charge in [0.2, 0.25) is 5.91 Å². The lowest BCUT2D eigenvalue weighted by atomic mass is 10.1. The second-order valence-corrected chi connectivity index (χ2v) is 4.82. The Labute approximate surface area is 112 Å². The van der Waals surface area contributed by atoms with Crippen LogP contribution in [0.15, 0.2) is 24.3 Å². The number of carbonyl (C=O) groups is 2. The molecule has 0 aromatic heterocycles. The first-order valence-corrected chi connectivity index (χ1v) is 6.39. The molecule has 0 aliphatic carbocycles. The van der Waals surface area contributed by atoms with E-state index in [1.165, 1.54) is 0 Å². The fourth-order valence-corrected chi connectivity index (χ4v) is 2.29. The van der Waals surface area contributed by atoms with Gasteiger partial charge >= 0.3 is 5.97 Å². The topological polar surface area (TPSA) is 69.6 Å². The van der Waals surface area contributed by atoms with E-state index in [0.29, 0.717) is 19.4 Å². The number of aliphatic carboxylic acids is 1. The molecule has 2 N–H and O–H groups in total. The van der Waals surface area contributed by atoms with Crippen LogP contribution in [-0.4, -0.2) is 41.5 Å². The SMILES string of the molecule is CN(CCCC(=O)O)C(=O)[C@@H]1Cc2ccccc2N1. The molecule has 1 aromatic carbocycles. The zero-order valence-electron chi connectivity index (χ0n) is 10.9. The van der Waals surface area contributed by atoms with E-state index in [4.69, 9.17) is 5.11 Å². The Morgan fingerprint density at radius 3 is 2.84 bits per heavy atom. The van der Waals surface area contributed by atoms with E-state index in [0.717, 1.165) is 11.3 Å². The summed E-state index contributed by atoms with van der Waals surface area (Å²) in [4.78, 5) is 24.2. The summed E-state index contributed by atoms with van der Waals surface area (Å²) in [5.74, 6) is -0.811. The van der Waals surface area contributed by atoms with Gasteiger partial charge in [-0.15, -0.1) is 0 Å². The standard InChI is InChI=1S/C14H18N2O3/c1-16(8-4-7-13(17)18)14(19)12-9-10-5-2-3-6-11(10)15-12/h2-3,5-6,12,15H,4,7-9H2,1H3,(H,17,18)/t12-/m0/s1. The van der Waals surface area contributed by atoms with Crippen LogP contribution in [0, 0.1) is 0 Å². The fourth-order valence-electron chi connectivity index (χ4n) is 2.29. The second-order valence-electron chi connectivity index (χ2n) is 4.82. The number of fused-ring (bicyclic) bond motifs is 1. The van der Waals surface area contributed by atoms with Crippen LogP contribution in [0.4, 0.5) is 5.69 Å². The zero-order chi connectivity index (χ0) is 13.8. The Balaban J connectivity index is 1.86. The normalized spacial score (nSPS) is 16.6. The number of nitrogens with one attached hydrogen (secondary N) is 1. The lowest BCUT2D eigenvalue weighted by molar-refractivity contribution is -0.138. The van der Waals surface area contributed by atoms with Crippen molar-refractivity contribution in [3.63, 3.8) is 0 Å². The number of nitrogens with zero attached hydrogens (tertiary/aromatic N) is 1. The summed E-state index contributed by atoms with van der Waals surface area (Å²) in [6.07, 6.45) is 1.27. The Bertz CT molecular complexity index is 462. The molecular weight excluding hydrogens is 244 g/mol. The highest BCUT2D eigenvalue weighted by Gasteiger charge is 2.28. The average Bonchev–Trinajstić information content (AvgIpc) is 2.80. The number of hydrogen-bond donors (Lipinski definition) is 2. The van der Waals surface area contributed by atoms with Crippen molar-refractivity contribution >= 4 is 17.6 Å². The molecule has 0 radical (unpaired) electrons. The lowest BCUT2D eigenvalue weighted by Crippen LogP contribution is -2.40. The second kappa shape index (κ2) is 5.73. The van der Waals surface area contributed by atoms with E-state index in [9.17, 15) is 9.59 Å². The van der Waals surface area contributed by atoms with E-state index in [1.807, 2.05) is 24.3 Å². The number of carboxylic acids is 1. The van der Waals surface area contributed by atoms with Crippen molar-refractivity contribution in [2.45, 2.75) is 25.3 Å². The third-order valence-corrected chi connectivity index (χ3v) is 3.33. The van der Waals surface area contributed by atoms with Gasteiger partial charge in [0.05, 0.1) is 0 Å². The summed E-state index contributed by atoms with van der Waals surface area (Å²) in [5.41, 5.74) is 2.17. The van der Waals surface area contributed by atoms with Gasteiger partial charge in [0.15, 0.2) is 0 Å². The Kier molecular flexibility index (Phi) is 4.04. The predicted molar refractivity (Wildman–Crippen MR) is 72.1 cm³/mol. The van der Waals surface area contributed by atoms with Gasteiger partial charge in [-0.2, -0.15) is 0 Å². The smallest absolute Gasteiger partial charge is 0.303 e. The van der Waals surface area contributed by atoms with Crippen LogP contribution in [0.3, 0.4) is 0 Å². The highest BCUT2D eigenvalue weighted by molar-refractivity contribution is 5.87. The van der Waals surface area contributed by atoms with Gasteiger partial charge in [-0.1, -0.05) is 18.2 Å². The van der Waals surface area contributed by atoms with Crippen LogP contribution >= 0.6 is 0 Å². The Morgan fingerprint density at radius 1 is 1.42 bits per heavy atom. The zero-order valence-corrected chi connectivity index (χ0v) is 10.9. The van der Waals surface area contributed by atoms with E-state index >= 15 is 0 Å². The number of rotatable bonds is 5. The summed E-state index contributed by atoms with van der Waals surface area (Å²) in [6, 6.07) is 7.65. The molecule has 0 fully saturated rings. The van der Waals surface area contributed by atoms with Gasteiger partial charge in [0.25, 0.3) is 0 Å². The van der Waals surface area contributed by atoms with E-state index in [1.54, 1.807) is 11.9 Å². The highest BCUT2D eigenvalue weighted by atomic mass is 16.4. The summed E-state index contributed by atoms with van der Waals surface area (Å²) < 4.78 is 0. The van der Waals surface area contributed by atoms with Gasteiger partial charge in [-0.3, -0.25) is 9.59 Å². The first kappa shape index (κ1) is 13.4. The quantitative estimate of drug-likeness (QED) is 0.840. The average molecular weight is 262 g/mol. The summed E-state index contributed by atoms with van der Waals surface area (Å²) in [6.45, 7) is 0.472. The molecule has 5 nitrogen and oxygen atoms in total. The maximum absolute atomic E-state index is 12.2. The Morgan fingerprint density at radius 2 is 2.16 bits per heavy atom. The third-order valence-electron chi connectivity index (χ3n) is 3.33. The van der Waals surface area contributed by atoms with Crippen molar-refractivity contribution in [1.29, 1.82) is 0 Å². The van der Waals surface area contributed by atoms with E-state index in [2.05, 4.69) is 5.32 Å². The molecule has 1 aliphatic rings. The molecule has 2 rings (SSSR count). The van der Waals surface area contributed by atoms with Crippen LogP contribution < -0.4 is 5.32 Å². The minimum Gasteiger partial charge on any atom is -0.481 e. The number of likely N-dealkylation sites (N-methyl/N-ethyl adjacent to an activating group) is 1. The van der Waals surface area contributed by atoms with Gasteiger partial charge in [0.1, 0.15) is 6.04 Å². The molecule has 1 aliphatic heterocycles. The number of para-hydroxylation sites is 1. The fraction of sp³-hybridized carbons (Fsp3) is 0.429. The van der Waals surface area contributed by atoms with Crippen molar-refractivity contribution in [2.75, 3.05) is 18.9 Å². The highest BCUT2D eigenvalue weighted by Crippen LogP contribution is 2.25. The number of anilines is 1. The summed E-state index contributed by atoms with van der Waals surface area (Å²) in [7, 11) is 1.72. The van der Waals surface area contributed by atoms with E-state index < -0.39 is 5.97 Å². The number of carboxylic acid groups (broad SMARTS) is 1. The van der Waals surface area contributed by atoms with Crippen molar-refractivity contribution in [2.24, 2.45) is 0 Å².